The first-order chi connectivity index (χ1) is 8.54. The molecule has 2 rings (SSSR count). The molecule has 3 heteroatoms. The number of rotatable bonds is 3. The van der Waals surface area contributed by atoms with E-state index in [-0.39, 0.29) is 5.54 Å². The van der Waals surface area contributed by atoms with E-state index in [0.29, 0.717) is 6.04 Å². The molecule has 0 aliphatic carbocycles. The summed E-state index contributed by atoms with van der Waals surface area (Å²) < 4.78 is 0. The number of benzene rings is 1. The summed E-state index contributed by atoms with van der Waals surface area (Å²) in [6.07, 6.45) is 2.12. The Labute approximate surface area is 115 Å². The molecule has 100 valence electrons. The minimum absolute atomic E-state index is 0.232. The van der Waals surface area contributed by atoms with E-state index in [4.69, 9.17) is 0 Å². The van der Waals surface area contributed by atoms with Crippen molar-refractivity contribution >= 4 is 11.8 Å². The van der Waals surface area contributed by atoms with Crippen molar-refractivity contribution in [1.82, 2.24) is 10.2 Å². The van der Waals surface area contributed by atoms with Gasteiger partial charge in [0.05, 0.1) is 0 Å². The Morgan fingerprint density at radius 3 is 2.50 bits per heavy atom. The number of piperazine rings is 1. The van der Waals surface area contributed by atoms with Crippen molar-refractivity contribution in [3.63, 3.8) is 0 Å². The average molecular weight is 264 g/mol. The van der Waals surface area contributed by atoms with Crippen LogP contribution in [0.4, 0.5) is 0 Å². The topological polar surface area (TPSA) is 15.3 Å². The van der Waals surface area contributed by atoms with Crippen molar-refractivity contribution in [3.8, 4) is 0 Å². The van der Waals surface area contributed by atoms with E-state index in [1.807, 2.05) is 0 Å². The second-order valence-electron chi connectivity index (χ2n) is 5.63. The Morgan fingerprint density at radius 2 is 1.94 bits per heavy atom. The Bertz CT molecular complexity index is 386. The van der Waals surface area contributed by atoms with Crippen LogP contribution in [0, 0.1) is 0 Å². The van der Waals surface area contributed by atoms with Crippen molar-refractivity contribution in [2.75, 3.05) is 25.9 Å². The van der Waals surface area contributed by atoms with Gasteiger partial charge in [0.1, 0.15) is 0 Å². The van der Waals surface area contributed by atoms with Gasteiger partial charge in [-0.05, 0) is 44.7 Å². The van der Waals surface area contributed by atoms with Gasteiger partial charge in [-0.2, -0.15) is 0 Å². The van der Waals surface area contributed by atoms with Crippen molar-refractivity contribution in [1.29, 1.82) is 0 Å². The highest BCUT2D eigenvalue weighted by Gasteiger charge is 2.33. The highest BCUT2D eigenvalue weighted by molar-refractivity contribution is 7.98. The summed E-state index contributed by atoms with van der Waals surface area (Å²) in [5.41, 5.74) is 1.65. The second-order valence-corrected chi connectivity index (χ2v) is 6.51. The second kappa shape index (κ2) is 5.64. The number of nitrogens with one attached hydrogen (secondary N) is 1. The number of hydrogen-bond donors (Lipinski definition) is 1. The maximum atomic E-state index is 3.48. The Kier molecular flexibility index (Phi) is 4.36. The molecule has 1 fully saturated rings. The fraction of sp³-hybridized carbons (Fsp3) is 0.600. The molecule has 1 saturated heterocycles. The zero-order valence-electron chi connectivity index (χ0n) is 11.9. The molecule has 18 heavy (non-hydrogen) atoms. The fourth-order valence-corrected chi connectivity index (χ4v) is 3.19. The zero-order valence-corrected chi connectivity index (χ0v) is 12.7. The zero-order chi connectivity index (χ0) is 13.2. The quantitative estimate of drug-likeness (QED) is 0.844. The monoisotopic (exact) mass is 264 g/mol. The molecule has 0 spiro atoms. The number of thioether (sulfide) groups is 1. The lowest BCUT2D eigenvalue weighted by Gasteiger charge is -2.46. The lowest BCUT2D eigenvalue weighted by atomic mass is 9.95. The van der Waals surface area contributed by atoms with E-state index in [0.717, 1.165) is 19.6 Å². The van der Waals surface area contributed by atoms with Gasteiger partial charge in [-0.25, -0.2) is 0 Å². The molecule has 0 bridgehead atoms. The number of hydrogen-bond acceptors (Lipinski definition) is 3. The summed E-state index contributed by atoms with van der Waals surface area (Å²) in [6.45, 7) is 10.3. The molecule has 0 amide bonds. The fourth-order valence-electron chi connectivity index (χ4n) is 2.78. The molecular formula is C15H24N2S. The summed E-state index contributed by atoms with van der Waals surface area (Å²) in [5.74, 6) is 0. The molecule has 1 aromatic rings. The molecule has 0 radical (unpaired) electrons. The lowest BCUT2D eigenvalue weighted by Crippen LogP contribution is -2.58. The summed E-state index contributed by atoms with van der Waals surface area (Å²) in [4.78, 5) is 3.95. The molecule has 1 heterocycles. The van der Waals surface area contributed by atoms with Crippen molar-refractivity contribution in [3.05, 3.63) is 29.8 Å². The van der Waals surface area contributed by atoms with E-state index in [2.05, 4.69) is 61.5 Å². The highest BCUT2D eigenvalue weighted by Crippen LogP contribution is 2.29. The highest BCUT2D eigenvalue weighted by atomic mass is 32.2. The van der Waals surface area contributed by atoms with Gasteiger partial charge in [0.25, 0.3) is 0 Å². The standard InChI is InChI=1S/C15H24N2S/c1-12(13-5-7-14(18-4)8-6-13)17-10-9-16-11-15(17,2)3/h5-8,12,16H,9-11H2,1-4H3. The molecule has 1 atom stereocenters. The van der Waals surface area contributed by atoms with E-state index in [9.17, 15) is 0 Å². The van der Waals surface area contributed by atoms with Gasteiger partial charge in [-0.15, -0.1) is 11.8 Å². The maximum absolute atomic E-state index is 3.48. The molecular weight excluding hydrogens is 240 g/mol. The predicted molar refractivity (Wildman–Crippen MR) is 80.3 cm³/mol. The lowest BCUT2D eigenvalue weighted by molar-refractivity contribution is 0.0516. The Balaban J connectivity index is 2.16. The minimum Gasteiger partial charge on any atom is -0.314 e. The van der Waals surface area contributed by atoms with E-state index < -0.39 is 0 Å². The molecule has 1 N–H and O–H groups in total. The molecule has 1 aromatic carbocycles. The van der Waals surface area contributed by atoms with Crippen LogP contribution in [0.1, 0.15) is 32.4 Å². The van der Waals surface area contributed by atoms with Crippen LogP contribution in [0.15, 0.2) is 29.2 Å². The van der Waals surface area contributed by atoms with Crippen molar-refractivity contribution in [2.24, 2.45) is 0 Å². The average Bonchev–Trinajstić information content (AvgIpc) is 2.37. The first-order valence-corrected chi connectivity index (χ1v) is 7.88. The largest absolute Gasteiger partial charge is 0.314 e. The third kappa shape index (κ3) is 2.90. The summed E-state index contributed by atoms with van der Waals surface area (Å²) in [7, 11) is 0. The summed E-state index contributed by atoms with van der Waals surface area (Å²) >= 11 is 1.80. The normalized spacial score (nSPS) is 21.8. The number of nitrogens with zero attached hydrogens (tertiary/aromatic N) is 1. The maximum Gasteiger partial charge on any atom is 0.0326 e. The van der Waals surface area contributed by atoms with Crippen molar-refractivity contribution in [2.45, 2.75) is 37.2 Å². The Morgan fingerprint density at radius 1 is 1.28 bits per heavy atom. The molecule has 2 nitrogen and oxygen atoms in total. The van der Waals surface area contributed by atoms with Gasteiger partial charge in [0.15, 0.2) is 0 Å². The van der Waals surface area contributed by atoms with E-state index in [1.54, 1.807) is 11.8 Å². The van der Waals surface area contributed by atoms with E-state index >= 15 is 0 Å². The van der Waals surface area contributed by atoms with Gasteiger partial charge in [-0.1, -0.05) is 12.1 Å². The van der Waals surface area contributed by atoms with Crippen LogP contribution in [0.5, 0.6) is 0 Å². The molecule has 1 aliphatic heterocycles. The summed E-state index contributed by atoms with van der Waals surface area (Å²) in [5, 5.41) is 3.48. The third-order valence-corrected chi connectivity index (χ3v) is 4.67. The Hall–Kier alpha value is -0.510. The minimum atomic E-state index is 0.232. The summed E-state index contributed by atoms with van der Waals surface area (Å²) in [6, 6.07) is 9.48. The smallest absolute Gasteiger partial charge is 0.0326 e. The van der Waals surface area contributed by atoms with Crippen LogP contribution in [0.3, 0.4) is 0 Å². The van der Waals surface area contributed by atoms with Crippen LogP contribution < -0.4 is 5.32 Å². The SMILES string of the molecule is CSc1ccc(C(C)N2CCNCC2(C)C)cc1. The van der Waals surface area contributed by atoms with Gasteiger partial charge < -0.3 is 5.32 Å². The molecule has 0 aromatic heterocycles. The van der Waals surface area contributed by atoms with Gasteiger partial charge in [0, 0.05) is 36.1 Å². The van der Waals surface area contributed by atoms with Gasteiger partial charge >= 0.3 is 0 Å². The van der Waals surface area contributed by atoms with Crippen LogP contribution in [-0.4, -0.2) is 36.3 Å². The van der Waals surface area contributed by atoms with Crippen molar-refractivity contribution < 1.29 is 0 Å². The predicted octanol–water partition coefficient (Wildman–Crippen LogP) is 3.15. The van der Waals surface area contributed by atoms with Crippen LogP contribution in [-0.2, 0) is 0 Å². The first kappa shape index (κ1) is 13.9. The first-order valence-electron chi connectivity index (χ1n) is 6.66. The van der Waals surface area contributed by atoms with Gasteiger partial charge in [0.2, 0.25) is 0 Å². The van der Waals surface area contributed by atoms with Crippen LogP contribution in [0.25, 0.3) is 0 Å². The van der Waals surface area contributed by atoms with Crippen LogP contribution >= 0.6 is 11.8 Å². The third-order valence-electron chi connectivity index (χ3n) is 3.93. The van der Waals surface area contributed by atoms with E-state index in [1.165, 1.54) is 10.5 Å². The molecule has 1 unspecified atom stereocenters. The van der Waals surface area contributed by atoms with Crippen LogP contribution in [0.2, 0.25) is 0 Å². The molecule has 1 aliphatic rings. The molecule has 0 saturated carbocycles. The van der Waals surface area contributed by atoms with Gasteiger partial charge in [-0.3, -0.25) is 4.90 Å².